The average molecular weight is 322 g/mol. The molecule has 8 nitrogen and oxygen atoms in total. The number of anilines is 1. The smallest absolute Gasteiger partial charge is 0.410 e. The van der Waals surface area contributed by atoms with Gasteiger partial charge in [0.1, 0.15) is 5.60 Å². The van der Waals surface area contributed by atoms with Gasteiger partial charge in [0, 0.05) is 32.0 Å². The number of piperidine rings is 1. The molecule has 0 bridgehead atoms. The molecule has 1 fully saturated rings. The topological polar surface area (TPSA) is 98.3 Å². The fourth-order valence-electron chi connectivity index (χ4n) is 3.21. The van der Waals surface area contributed by atoms with Gasteiger partial charge in [-0.2, -0.15) is 10.1 Å². The van der Waals surface area contributed by atoms with E-state index in [1.54, 1.807) is 4.90 Å². The maximum absolute atomic E-state index is 12.3. The van der Waals surface area contributed by atoms with Crippen LogP contribution in [0.2, 0.25) is 0 Å². The van der Waals surface area contributed by atoms with E-state index >= 15 is 0 Å². The third-order valence-corrected chi connectivity index (χ3v) is 4.23. The van der Waals surface area contributed by atoms with Crippen molar-refractivity contribution in [3.8, 4) is 0 Å². The number of hydrogen-bond acceptors (Lipinski definition) is 6. The molecule has 2 aliphatic rings. The van der Waals surface area contributed by atoms with Crippen LogP contribution in [0.15, 0.2) is 0 Å². The van der Waals surface area contributed by atoms with Gasteiger partial charge in [-0.25, -0.2) is 9.48 Å². The summed E-state index contributed by atoms with van der Waals surface area (Å²) < 4.78 is 7.46. The fraction of sp³-hybridized carbons (Fsp3) is 0.800. The van der Waals surface area contributed by atoms with E-state index in [-0.39, 0.29) is 12.1 Å². The third kappa shape index (κ3) is 3.41. The number of aromatic nitrogens is 3. The number of nitrogens with one attached hydrogen (secondary N) is 1. The minimum absolute atomic E-state index is 0.232. The first-order chi connectivity index (χ1) is 10.9. The summed E-state index contributed by atoms with van der Waals surface area (Å²) in [5.74, 6) is 1.92. The predicted octanol–water partition coefficient (Wildman–Crippen LogP) is 1.00. The Morgan fingerprint density at radius 1 is 1.48 bits per heavy atom. The van der Waals surface area contributed by atoms with Crippen molar-refractivity contribution in [2.45, 2.75) is 45.3 Å². The van der Waals surface area contributed by atoms with E-state index in [1.807, 2.05) is 25.5 Å². The van der Waals surface area contributed by atoms with E-state index in [9.17, 15) is 4.79 Å². The first-order valence-corrected chi connectivity index (χ1v) is 8.24. The number of nitrogens with zero attached hydrogens (tertiary/aromatic N) is 4. The largest absolute Gasteiger partial charge is 0.444 e. The Morgan fingerprint density at radius 2 is 2.26 bits per heavy atom. The normalized spacial score (nSPS) is 23.7. The molecular weight excluding hydrogens is 296 g/mol. The second-order valence-corrected chi connectivity index (χ2v) is 7.26. The van der Waals surface area contributed by atoms with E-state index in [4.69, 9.17) is 10.5 Å². The molecule has 0 aliphatic carbocycles. The van der Waals surface area contributed by atoms with Gasteiger partial charge in [-0.15, -0.1) is 0 Å². The SMILES string of the molecule is CC(C)(C)OC(=O)N1CCC2C(CNc3nc(CCN)nn32)C1. The van der Waals surface area contributed by atoms with Gasteiger partial charge in [0.2, 0.25) is 5.95 Å². The average Bonchev–Trinajstić information content (AvgIpc) is 2.88. The number of carbonyl (C=O) groups excluding carboxylic acids is 1. The fourth-order valence-corrected chi connectivity index (χ4v) is 3.21. The molecule has 0 spiro atoms. The molecule has 3 heterocycles. The summed E-state index contributed by atoms with van der Waals surface area (Å²) in [6, 6.07) is 0.281. The van der Waals surface area contributed by atoms with Crippen LogP contribution in [0, 0.1) is 5.92 Å². The molecule has 2 atom stereocenters. The minimum Gasteiger partial charge on any atom is -0.444 e. The summed E-state index contributed by atoms with van der Waals surface area (Å²) in [5.41, 5.74) is 5.12. The van der Waals surface area contributed by atoms with Crippen molar-refractivity contribution < 1.29 is 9.53 Å². The second-order valence-electron chi connectivity index (χ2n) is 7.26. The molecule has 3 N–H and O–H groups in total. The first-order valence-electron chi connectivity index (χ1n) is 8.24. The zero-order chi connectivity index (χ0) is 16.6. The van der Waals surface area contributed by atoms with E-state index < -0.39 is 5.60 Å². The molecule has 0 radical (unpaired) electrons. The molecule has 1 amide bonds. The van der Waals surface area contributed by atoms with Gasteiger partial charge < -0.3 is 20.7 Å². The quantitative estimate of drug-likeness (QED) is 0.843. The summed E-state index contributed by atoms with van der Waals surface area (Å²) in [6.07, 6.45) is 1.32. The van der Waals surface area contributed by atoms with Crippen molar-refractivity contribution in [1.82, 2.24) is 19.7 Å². The summed E-state index contributed by atoms with van der Waals surface area (Å²) in [4.78, 5) is 18.5. The number of ether oxygens (including phenoxy) is 1. The van der Waals surface area contributed by atoms with Crippen molar-refractivity contribution in [2.24, 2.45) is 11.7 Å². The summed E-state index contributed by atoms with van der Waals surface area (Å²) in [6.45, 7) is 8.37. The lowest BCUT2D eigenvalue weighted by Gasteiger charge is -2.41. The Kier molecular flexibility index (Phi) is 4.18. The minimum atomic E-state index is -0.463. The molecule has 128 valence electrons. The van der Waals surface area contributed by atoms with Gasteiger partial charge in [0.15, 0.2) is 5.82 Å². The molecular formula is C15H26N6O2. The monoisotopic (exact) mass is 322 g/mol. The molecule has 3 rings (SSSR count). The zero-order valence-corrected chi connectivity index (χ0v) is 14.1. The van der Waals surface area contributed by atoms with E-state index in [2.05, 4.69) is 15.4 Å². The van der Waals surface area contributed by atoms with Gasteiger partial charge >= 0.3 is 6.09 Å². The van der Waals surface area contributed by atoms with E-state index in [0.717, 1.165) is 24.7 Å². The Labute approximate surface area is 136 Å². The molecule has 0 saturated carbocycles. The lowest BCUT2D eigenvalue weighted by Crippen LogP contribution is -2.50. The maximum atomic E-state index is 12.3. The molecule has 0 aromatic carbocycles. The van der Waals surface area contributed by atoms with Crippen LogP contribution >= 0.6 is 0 Å². The zero-order valence-electron chi connectivity index (χ0n) is 14.1. The highest BCUT2D eigenvalue weighted by Gasteiger charge is 2.38. The summed E-state index contributed by atoms with van der Waals surface area (Å²) >= 11 is 0. The van der Waals surface area contributed by atoms with Crippen LogP contribution in [0.25, 0.3) is 0 Å². The Morgan fingerprint density at radius 3 is 2.96 bits per heavy atom. The van der Waals surface area contributed by atoms with Crippen molar-refractivity contribution in [1.29, 1.82) is 0 Å². The molecule has 8 heteroatoms. The van der Waals surface area contributed by atoms with Crippen molar-refractivity contribution in [3.05, 3.63) is 5.82 Å². The third-order valence-electron chi connectivity index (χ3n) is 4.23. The molecule has 23 heavy (non-hydrogen) atoms. The van der Waals surface area contributed by atoms with Gasteiger partial charge in [-0.1, -0.05) is 0 Å². The summed E-state index contributed by atoms with van der Waals surface area (Å²) in [7, 11) is 0. The van der Waals surface area contributed by atoms with Gasteiger partial charge in [-0.05, 0) is 33.7 Å². The molecule has 2 unspecified atom stereocenters. The van der Waals surface area contributed by atoms with E-state index in [1.165, 1.54) is 0 Å². The number of rotatable bonds is 2. The first kappa shape index (κ1) is 16.0. The van der Waals surface area contributed by atoms with Gasteiger partial charge in [0.25, 0.3) is 0 Å². The lowest BCUT2D eigenvalue weighted by molar-refractivity contribution is 0.0107. The number of amides is 1. The predicted molar refractivity (Wildman–Crippen MR) is 86.2 cm³/mol. The summed E-state index contributed by atoms with van der Waals surface area (Å²) in [5, 5.41) is 7.90. The molecule has 1 aromatic rings. The van der Waals surface area contributed by atoms with Crippen LogP contribution < -0.4 is 11.1 Å². The van der Waals surface area contributed by atoms with Crippen LogP contribution in [0.4, 0.5) is 10.7 Å². The van der Waals surface area contributed by atoms with Crippen molar-refractivity contribution in [3.63, 3.8) is 0 Å². The van der Waals surface area contributed by atoms with Crippen LogP contribution in [0.3, 0.4) is 0 Å². The van der Waals surface area contributed by atoms with Crippen LogP contribution in [0.1, 0.15) is 39.1 Å². The highest BCUT2D eigenvalue weighted by atomic mass is 16.6. The van der Waals surface area contributed by atoms with E-state index in [0.29, 0.717) is 32.0 Å². The Bertz CT molecular complexity index is 579. The molecule has 2 aliphatic heterocycles. The number of carbonyl (C=O) groups is 1. The van der Waals surface area contributed by atoms with Gasteiger partial charge in [0.05, 0.1) is 6.04 Å². The Balaban J connectivity index is 1.68. The standard InChI is InChI=1S/C15H26N6O2/c1-15(2,3)23-14(22)20-7-5-11-10(9-20)8-17-13-18-12(4-6-16)19-21(11)13/h10-11H,4-9,16H2,1-3H3,(H,17,18,19). The van der Waals surface area contributed by atoms with Crippen molar-refractivity contribution in [2.75, 3.05) is 31.5 Å². The number of likely N-dealkylation sites (tertiary alicyclic amines) is 1. The number of fused-ring (bicyclic) bond motifs is 3. The van der Waals surface area contributed by atoms with Crippen LogP contribution in [0.5, 0.6) is 0 Å². The highest BCUT2D eigenvalue weighted by Crippen LogP contribution is 2.34. The van der Waals surface area contributed by atoms with Gasteiger partial charge in [-0.3, -0.25) is 0 Å². The Hall–Kier alpha value is -1.83. The highest BCUT2D eigenvalue weighted by molar-refractivity contribution is 5.68. The van der Waals surface area contributed by atoms with Crippen LogP contribution in [-0.2, 0) is 11.2 Å². The van der Waals surface area contributed by atoms with Crippen LogP contribution in [-0.4, -0.2) is 57.5 Å². The lowest BCUT2D eigenvalue weighted by atomic mass is 9.91. The van der Waals surface area contributed by atoms with Crippen molar-refractivity contribution >= 4 is 12.0 Å². The molecule has 1 saturated heterocycles. The maximum Gasteiger partial charge on any atom is 0.410 e. The molecule has 1 aromatic heterocycles. The number of nitrogens with two attached hydrogens (primary N) is 1. The second kappa shape index (κ2) is 5.99. The number of hydrogen-bond donors (Lipinski definition) is 2.